The molecule has 0 heterocycles. The highest BCUT2D eigenvalue weighted by Crippen LogP contribution is 2.29. The molecule has 1 aliphatic carbocycles. The lowest BCUT2D eigenvalue weighted by atomic mass is 9.78. The van der Waals surface area contributed by atoms with Crippen LogP contribution in [0.2, 0.25) is 0 Å². The van der Waals surface area contributed by atoms with E-state index in [-0.39, 0.29) is 35.5 Å². The zero-order valence-electron chi connectivity index (χ0n) is 17.8. The fraction of sp³-hybridized carbons (Fsp3) is 0.400. The van der Waals surface area contributed by atoms with Crippen molar-refractivity contribution in [2.24, 2.45) is 11.8 Å². The molecule has 1 amide bonds. The minimum atomic E-state index is -0.675. The summed E-state index contributed by atoms with van der Waals surface area (Å²) in [4.78, 5) is 37.8. The summed E-state index contributed by atoms with van der Waals surface area (Å²) in [5.74, 6) is -0.280. The molecule has 1 fully saturated rings. The molecular weight excluding hydrogens is 378 g/mol. The summed E-state index contributed by atoms with van der Waals surface area (Å²) >= 11 is 0. The van der Waals surface area contributed by atoms with Crippen LogP contribution in [0.4, 0.5) is 0 Å². The van der Waals surface area contributed by atoms with Gasteiger partial charge in [-0.15, -0.1) is 0 Å². The molecule has 158 valence electrons. The molecule has 0 unspecified atom stereocenters. The number of aryl methyl sites for hydroxylation is 1. The molecule has 1 N–H and O–H groups in total. The van der Waals surface area contributed by atoms with Gasteiger partial charge in [0, 0.05) is 17.2 Å². The lowest BCUT2D eigenvalue weighted by molar-refractivity contribution is -0.125. The molecule has 0 spiro atoms. The third-order valence-electron chi connectivity index (χ3n) is 6.09. The number of hydrogen-bond acceptors (Lipinski definition) is 4. The number of nitrogens with one attached hydrogen (secondary N) is 1. The number of ether oxygens (including phenoxy) is 1. The molecule has 0 saturated heterocycles. The number of ketones is 1. The fourth-order valence-corrected chi connectivity index (χ4v) is 3.96. The van der Waals surface area contributed by atoms with Gasteiger partial charge in [0.25, 0.3) is 5.91 Å². The van der Waals surface area contributed by atoms with E-state index in [4.69, 9.17) is 4.74 Å². The van der Waals surface area contributed by atoms with Gasteiger partial charge in [-0.25, -0.2) is 4.79 Å². The molecule has 5 heteroatoms. The third kappa shape index (κ3) is 5.15. The number of amides is 1. The van der Waals surface area contributed by atoms with Crippen LogP contribution < -0.4 is 5.32 Å². The Kier molecular flexibility index (Phi) is 7.03. The highest BCUT2D eigenvalue weighted by molar-refractivity contribution is 6.14. The smallest absolute Gasteiger partial charge is 0.339 e. The molecular formula is C25H29NO4. The Balaban J connectivity index is 1.64. The molecule has 0 radical (unpaired) electrons. The van der Waals surface area contributed by atoms with Crippen molar-refractivity contribution in [3.05, 3.63) is 70.8 Å². The number of esters is 1. The molecule has 3 rings (SSSR count). The van der Waals surface area contributed by atoms with E-state index >= 15 is 0 Å². The Hall–Kier alpha value is -2.95. The van der Waals surface area contributed by atoms with Gasteiger partial charge in [-0.1, -0.05) is 74.7 Å². The van der Waals surface area contributed by atoms with Crippen LogP contribution >= 0.6 is 0 Å². The van der Waals surface area contributed by atoms with Crippen molar-refractivity contribution in [3.63, 3.8) is 0 Å². The number of hydrogen-bond donors (Lipinski definition) is 1. The van der Waals surface area contributed by atoms with Gasteiger partial charge in [0.2, 0.25) is 0 Å². The molecule has 3 atom stereocenters. The van der Waals surface area contributed by atoms with Gasteiger partial charge < -0.3 is 10.1 Å². The predicted octanol–water partition coefficient (Wildman–Crippen LogP) is 4.32. The summed E-state index contributed by atoms with van der Waals surface area (Å²) in [5.41, 5.74) is 1.97. The molecule has 1 saturated carbocycles. The molecule has 5 nitrogen and oxygen atoms in total. The van der Waals surface area contributed by atoms with Crippen LogP contribution in [0.25, 0.3) is 0 Å². The van der Waals surface area contributed by atoms with E-state index in [0.29, 0.717) is 17.4 Å². The van der Waals surface area contributed by atoms with Crippen LogP contribution in [0.3, 0.4) is 0 Å². The molecule has 2 aromatic carbocycles. The molecule has 2 aromatic rings. The maximum absolute atomic E-state index is 12.9. The van der Waals surface area contributed by atoms with Crippen LogP contribution in [0, 0.1) is 18.8 Å². The fourth-order valence-electron chi connectivity index (χ4n) is 3.96. The first kappa shape index (κ1) is 21.8. The molecule has 30 heavy (non-hydrogen) atoms. The quantitative estimate of drug-likeness (QED) is 0.572. The molecule has 0 bridgehead atoms. The topological polar surface area (TPSA) is 72.5 Å². The van der Waals surface area contributed by atoms with Gasteiger partial charge in [-0.3, -0.25) is 9.59 Å². The Labute approximate surface area is 177 Å². The SMILES string of the molecule is Cc1ccc(C(=O)c2ccccc2C(=O)OCC(=O)N[C@@H]2CCC[C@@H](C)[C@@H]2C)cc1. The second-order valence-electron chi connectivity index (χ2n) is 8.26. The summed E-state index contributed by atoms with van der Waals surface area (Å²) in [6, 6.07) is 13.8. The van der Waals surface area contributed by atoms with E-state index in [1.54, 1.807) is 36.4 Å². The lowest BCUT2D eigenvalue weighted by Crippen LogP contribution is -2.45. The molecule has 1 aliphatic rings. The van der Waals surface area contributed by atoms with E-state index in [2.05, 4.69) is 19.2 Å². The summed E-state index contributed by atoms with van der Waals surface area (Å²) in [7, 11) is 0. The van der Waals surface area contributed by atoms with Gasteiger partial charge in [0.05, 0.1) is 5.56 Å². The minimum absolute atomic E-state index is 0.107. The average Bonchev–Trinajstić information content (AvgIpc) is 2.75. The lowest BCUT2D eigenvalue weighted by Gasteiger charge is -2.34. The van der Waals surface area contributed by atoms with E-state index in [0.717, 1.165) is 18.4 Å². The second kappa shape index (κ2) is 9.70. The average molecular weight is 408 g/mol. The zero-order valence-corrected chi connectivity index (χ0v) is 17.8. The van der Waals surface area contributed by atoms with Gasteiger partial charge in [-0.2, -0.15) is 0 Å². The van der Waals surface area contributed by atoms with Crippen molar-refractivity contribution in [1.82, 2.24) is 5.32 Å². The maximum atomic E-state index is 12.9. The van der Waals surface area contributed by atoms with Crippen molar-refractivity contribution in [1.29, 1.82) is 0 Å². The monoisotopic (exact) mass is 407 g/mol. The van der Waals surface area contributed by atoms with Crippen molar-refractivity contribution in [2.45, 2.75) is 46.1 Å². The van der Waals surface area contributed by atoms with Crippen LogP contribution in [0.1, 0.15) is 65.0 Å². The van der Waals surface area contributed by atoms with Crippen LogP contribution in [0.15, 0.2) is 48.5 Å². The Morgan fingerprint density at radius 1 is 0.967 bits per heavy atom. The van der Waals surface area contributed by atoms with E-state index < -0.39 is 5.97 Å². The van der Waals surface area contributed by atoms with Crippen LogP contribution in [-0.2, 0) is 9.53 Å². The number of rotatable bonds is 6. The van der Waals surface area contributed by atoms with Gasteiger partial charge >= 0.3 is 5.97 Å². The first-order valence-corrected chi connectivity index (χ1v) is 10.5. The first-order valence-electron chi connectivity index (χ1n) is 10.5. The largest absolute Gasteiger partial charge is 0.452 e. The Morgan fingerprint density at radius 3 is 2.33 bits per heavy atom. The second-order valence-corrected chi connectivity index (χ2v) is 8.26. The Bertz CT molecular complexity index is 919. The summed E-state index contributed by atoms with van der Waals surface area (Å²) < 4.78 is 5.24. The van der Waals surface area contributed by atoms with Crippen molar-refractivity contribution < 1.29 is 19.1 Å². The summed E-state index contributed by atoms with van der Waals surface area (Å²) in [6.45, 7) is 5.93. The minimum Gasteiger partial charge on any atom is -0.452 e. The van der Waals surface area contributed by atoms with Crippen LogP contribution in [0.5, 0.6) is 0 Å². The Morgan fingerprint density at radius 2 is 1.63 bits per heavy atom. The summed E-state index contributed by atoms with van der Waals surface area (Å²) in [6.07, 6.45) is 3.21. The van der Waals surface area contributed by atoms with Crippen molar-refractivity contribution in [2.75, 3.05) is 6.61 Å². The molecule has 0 aliphatic heterocycles. The number of carbonyl (C=O) groups is 3. The van der Waals surface area contributed by atoms with E-state index in [1.807, 2.05) is 19.1 Å². The third-order valence-corrected chi connectivity index (χ3v) is 6.09. The van der Waals surface area contributed by atoms with Gasteiger partial charge in [0.15, 0.2) is 12.4 Å². The number of carbonyl (C=O) groups excluding carboxylic acids is 3. The van der Waals surface area contributed by atoms with Gasteiger partial charge in [0.1, 0.15) is 0 Å². The van der Waals surface area contributed by atoms with E-state index in [9.17, 15) is 14.4 Å². The van der Waals surface area contributed by atoms with E-state index in [1.165, 1.54) is 6.42 Å². The highest BCUT2D eigenvalue weighted by Gasteiger charge is 2.28. The standard InChI is InChI=1S/C25H29NO4/c1-16-11-13-19(14-12-16)24(28)20-8-4-5-9-21(20)25(29)30-15-23(27)26-22-10-6-7-17(2)18(22)3/h4-5,8-9,11-14,17-18,22H,6-7,10,15H2,1-3H3,(H,26,27)/t17-,18+,22-/m1/s1. The van der Waals surface area contributed by atoms with Gasteiger partial charge in [-0.05, 0) is 31.2 Å². The summed E-state index contributed by atoms with van der Waals surface area (Å²) in [5, 5.41) is 2.99. The van der Waals surface area contributed by atoms with Crippen LogP contribution in [-0.4, -0.2) is 30.3 Å². The molecule has 0 aromatic heterocycles. The normalized spacial score (nSPS) is 21.0. The maximum Gasteiger partial charge on any atom is 0.339 e. The number of benzene rings is 2. The highest BCUT2D eigenvalue weighted by atomic mass is 16.5. The first-order chi connectivity index (χ1) is 14.4. The zero-order chi connectivity index (χ0) is 21.7. The van der Waals surface area contributed by atoms with Crippen molar-refractivity contribution in [3.8, 4) is 0 Å². The predicted molar refractivity (Wildman–Crippen MR) is 115 cm³/mol. The van der Waals surface area contributed by atoms with Crippen molar-refractivity contribution >= 4 is 17.7 Å².